The Balaban J connectivity index is 0.00000450. The molecule has 8 heteroatoms. The van der Waals surface area contributed by atoms with Crippen LogP contribution in [0.5, 0.6) is 5.75 Å². The molecule has 0 bridgehead atoms. The quantitative estimate of drug-likeness (QED) is 0.238. The molecule has 2 aromatic rings. The maximum absolute atomic E-state index is 11.8. The SMILES string of the molecule is CCNC(=NCc1ccc(NC(=O)NC(C)C)cc1)NCc1ccccc1OC.I. The highest BCUT2D eigenvalue weighted by molar-refractivity contribution is 14.0. The van der Waals surface area contributed by atoms with Crippen molar-refractivity contribution in [2.45, 2.75) is 39.9 Å². The van der Waals surface area contributed by atoms with Crippen LogP contribution in [-0.2, 0) is 13.1 Å². The number of anilines is 1. The summed E-state index contributed by atoms with van der Waals surface area (Å²) in [5, 5.41) is 12.2. The second-order valence-electron chi connectivity index (χ2n) is 6.81. The number of nitrogens with zero attached hydrogens (tertiary/aromatic N) is 1. The summed E-state index contributed by atoms with van der Waals surface area (Å²) in [5.74, 6) is 1.58. The van der Waals surface area contributed by atoms with E-state index in [-0.39, 0.29) is 36.0 Å². The molecule has 164 valence electrons. The summed E-state index contributed by atoms with van der Waals surface area (Å²) in [4.78, 5) is 16.4. The van der Waals surface area contributed by atoms with Gasteiger partial charge in [0.25, 0.3) is 0 Å². The molecule has 0 heterocycles. The number of guanidine groups is 1. The summed E-state index contributed by atoms with van der Waals surface area (Å²) in [6.45, 7) is 7.78. The van der Waals surface area contributed by atoms with Crippen molar-refractivity contribution >= 4 is 41.7 Å². The van der Waals surface area contributed by atoms with Gasteiger partial charge in [-0.1, -0.05) is 30.3 Å². The Morgan fingerprint density at radius 3 is 2.40 bits per heavy atom. The first kappa shape index (κ1) is 25.5. The lowest BCUT2D eigenvalue weighted by Gasteiger charge is -2.13. The predicted octanol–water partition coefficient (Wildman–Crippen LogP) is 4.10. The molecule has 0 spiro atoms. The van der Waals surface area contributed by atoms with Crippen molar-refractivity contribution in [2.75, 3.05) is 19.0 Å². The molecule has 2 amide bonds. The number of carbonyl (C=O) groups is 1. The van der Waals surface area contributed by atoms with Gasteiger partial charge in [-0.05, 0) is 44.5 Å². The van der Waals surface area contributed by atoms with E-state index in [2.05, 4.69) is 26.3 Å². The normalized spacial score (nSPS) is 10.8. The molecule has 0 unspecified atom stereocenters. The predicted molar refractivity (Wildman–Crippen MR) is 134 cm³/mol. The maximum atomic E-state index is 11.8. The smallest absolute Gasteiger partial charge is 0.319 e. The molecular weight excluding hydrogens is 493 g/mol. The lowest BCUT2D eigenvalue weighted by Crippen LogP contribution is -2.36. The monoisotopic (exact) mass is 525 g/mol. The zero-order chi connectivity index (χ0) is 21.1. The summed E-state index contributed by atoms with van der Waals surface area (Å²) >= 11 is 0. The maximum Gasteiger partial charge on any atom is 0.319 e. The summed E-state index contributed by atoms with van der Waals surface area (Å²) in [6.07, 6.45) is 0. The third-order valence-corrected chi connectivity index (χ3v) is 4.03. The van der Waals surface area contributed by atoms with Gasteiger partial charge in [0.15, 0.2) is 5.96 Å². The largest absolute Gasteiger partial charge is 0.496 e. The topological polar surface area (TPSA) is 86.8 Å². The highest BCUT2D eigenvalue weighted by Crippen LogP contribution is 2.16. The number of nitrogens with one attached hydrogen (secondary N) is 4. The van der Waals surface area contributed by atoms with E-state index in [4.69, 9.17) is 4.74 Å². The molecular formula is C22H32IN5O2. The molecule has 0 aliphatic heterocycles. The van der Waals surface area contributed by atoms with Crippen LogP contribution in [0.25, 0.3) is 0 Å². The van der Waals surface area contributed by atoms with Crippen LogP contribution in [-0.4, -0.2) is 31.7 Å². The standard InChI is InChI=1S/C22H31N5O2.HI/c1-5-23-21(25-15-18-8-6-7-9-20(18)29-4)24-14-17-10-12-19(13-11-17)27-22(28)26-16(2)3;/h6-13,16H,5,14-15H2,1-4H3,(H2,23,24,25)(H2,26,27,28);1H. The van der Waals surface area contributed by atoms with E-state index in [1.54, 1.807) is 7.11 Å². The van der Waals surface area contributed by atoms with Gasteiger partial charge in [-0.15, -0.1) is 24.0 Å². The first-order valence-corrected chi connectivity index (χ1v) is 9.82. The number of hydrogen-bond acceptors (Lipinski definition) is 3. The molecule has 4 N–H and O–H groups in total. The first-order chi connectivity index (χ1) is 14.0. The van der Waals surface area contributed by atoms with Crippen molar-refractivity contribution in [1.29, 1.82) is 0 Å². The molecule has 2 rings (SSSR count). The number of amides is 2. The fraction of sp³-hybridized carbons (Fsp3) is 0.364. The van der Waals surface area contributed by atoms with E-state index in [0.29, 0.717) is 13.1 Å². The van der Waals surface area contributed by atoms with E-state index >= 15 is 0 Å². The van der Waals surface area contributed by atoms with Crippen LogP contribution in [0.2, 0.25) is 0 Å². The number of carbonyl (C=O) groups excluding carboxylic acids is 1. The average Bonchev–Trinajstić information content (AvgIpc) is 2.70. The Labute approximate surface area is 196 Å². The van der Waals surface area contributed by atoms with Crippen LogP contribution in [0, 0.1) is 0 Å². The minimum absolute atomic E-state index is 0. The number of benzene rings is 2. The highest BCUT2D eigenvalue weighted by Gasteiger charge is 2.05. The number of para-hydroxylation sites is 1. The summed E-state index contributed by atoms with van der Waals surface area (Å²) in [7, 11) is 1.67. The van der Waals surface area contributed by atoms with E-state index in [9.17, 15) is 4.79 Å². The van der Waals surface area contributed by atoms with Gasteiger partial charge < -0.3 is 26.0 Å². The Bertz CT molecular complexity index is 809. The van der Waals surface area contributed by atoms with Crippen LogP contribution < -0.4 is 26.0 Å². The zero-order valence-electron chi connectivity index (χ0n) is 18.0. The number of aliphatic imine (C=N–C) groups is 1. The molecule has 30 heavy (non-hydrogen) atoms. The Morgan fingerprint density at radius 1 is 1.07 bits per heavy atom. The number of methoxy groups -OCH3 is 1. The summed E-state index contributed by atoms with van der Waals surface area (Å²) in [6, 6.07) is 15.5. The van der Waals surface area contributed by atoms with E-state index in [1.807, 2.05) is 69.3 Å². The Kier molecular flexibility index (Phi) is 11.7. The number of urea groups is 1. The molecule has 7 nitrogen and oxygen atoms in total. The highest BCUT2D eigenvalue weighted by atomic mass is 127. The molecule has 0 aliphatic carbocycles. The minimum Gasteiger partial charge on any atom is -0.496 e. The second-order valence-corrected chi connectivity index (χ2v) is 6.81. The third kappa shape index (κ3) is 8.89. The number of hydrogen-bond donors (Lipinski definition) is 4. The van der Waals surface area contributed by atoms with Crippen molar-refractivity contribution in [2.24, 2.45) is 4.99 Å². The number of halogens is 1. The van der Waals surface area contributed by atoms with Crippen LogP contribution in [0.3, 0.4) is 0 Å². The van der Waals surface area contributed by atoms with E-state index in [0.717, 1.165) is 35.1 Å². The van der Waals surface area contributed by atoms with Crippen molar-refractivity contribution in [3.63, 3.8) is 0 Å². The van der Waals surface area contributed by atoms with Gasteiger partial charge >= 0.3 is 6.03 Å². The second kappa shape index (κ2) is 13.7. The van der Waals surface area contributed by atoms with Gasteiger partial charge in [-0.25, -0.2) is 9.79 Å². The molecule has 0 atom stereocenters. The first-order valence-electron chi connectivity index (χ1n) is 9.82. The Morgan fingerprint density at radius 2 is 1.77 bits per heavy atom. The van der Waals surface area contributed by atoms with Gasteiger partial charge in [0, 0.05) is 30.4 Å². The summed E-state index contributed by atoms with van der Waals surface area (Å²) in [5.41, 5.74) is 2.86. The van der Waals surface area contributed by atoms with Crippen LogP contribution in [0.1, 0.15) is 31.9 Å². The molecule has 0 saturated carbocycles. The minimum atomic E-state index is -0.208. The van der Waals surface area contributed by atoms with Gasteiger partial charge in [-0.3, -0.25) is 0 Å². The van der Waals surface area contributed by atoms with Crippen molar-refractivity contribution < 1.29 is 9.53 Å². The fourth-order valence-electron chi connectivity index (χ4n) is 2.66. The fourth-order valence-corrected chi connectivity index (χ4v) is 2.66. The van der Waals surface area contributed by atoms with E-state index in [1.165, 1.54) is 0 Å². The van der Waals surface area contributed by atoms with Gasteiger partial charge in [0.1, 0.15) is 5.75 Å². The molecule has 0 radical (unpaired) electrons. The molecule has 0 fully saturated rings. The number of rotatable bonds is 8. The van der Waals surface area contributed by atoms with Gasteiger partial charge in [0.05, 0.1) is 13.7 Å². The molecule has 0 saturated heterocycles. The van der Waals surface area contributed by atoms with Crippen LogP contribution >= 0.6 is 24.0 Å². The van der Waals surface area contributed by atoms with Crippen molar-refractivity contribution in [1.82, 2.24) is 16.0 Å². The lowest BCUT2D eigenvalue weighted by atomic mass is 10.2. The third-order valence-electron chi connectivity index (χ3n) is 4.03. The number of ether oxygens (including phenoxy) is 1. The Hall–Kier alpha value is -2.49. The lowest BCUT2D eigenvalue weighted by molar-refractivity contribution is 0.250. The van der Waals surface area contributed by atoms with Crippen LogP contribution in [0.15, 0.2) is 53.5 Å². The van der Waals surface area contributed by atoms with Gasteiger partial charge in [0.2, 0.25) is 0 Å². The summed E-state index contributed by atoms with van der Waals surface area (Å²) < 4.78 is 5.39. The van der Waals surface area contributed by atoms with Crippen LogP contribution in [0.4, 0.5) is 10.5 Å². The molecule has 2 aromatic carbocycles. The zero-order valence-corrected chi connectivity index (χ0v) is 20.3. The van der Waals surface area contributed by atoms with Crippen molar-refractivity contribution in [3.8, 4) is 5.75 Å². The van der Waals surface area contributed by atoms with Crippen molar-refractivity contribution in [3.05, 3.63) is 59.7 Å². The average molecular weight is 525 g/mol. The molecule has 0 aromatic heterocycles. The van der Waals surface area contributed by atoms with E-state index < -0.39 is 0 Å². The molecule has 0 aliphatic rings. The van der Waals surface area contributed by atoms with Gasteiger partial charge in [-0.2, -0.15) is 0 Å².